The minimum Gasteiger partial charge on any atom is -0.496 e. The van der Waals surface area contributed by atoms with E-state index in [0.717, 1.165) is 20.7 Å². The number of ether oxygens (including phenoxy) is 1. The SMILES string of the molecule is COc1ccc(Br)cc1CC(=O)CSc1ccccc1Cl. The van der Waals surface area contributed by atoms with E-state index >= 15 is 0 Å². The van der Waals surface area contributed by atoms with Crippen LogP contribution in [0.25, 0.3) is 0 Å². The van der Waals surface area contributed by atoms with E-state index in [-0.39, 0.29) is 5.78 Å². The highest BCUT2D eigenvalue weighted by Gasteiger charge is 2.11. The van der Waals surface area contributed by atoms with E-state index in [1.807, 2.05) is 42.5 Å². The average Bonchev–Trinajstić information content (AvgIpc) is 2.47. The molecule has 110 valence electrons. The van der Waals surface area contributed by atoms with Gasteiger partial charge in [0.2, 0.25) is 0 Å². The van der Waals surface area contributed by atoms with Crippen molar-refractivity contribution in [2.24, 2.45) is 0 Å². The van der Waals surface area contributed by atoms with E-state index in [1.165, 1.54) is 11.8 Å². The lowest BCUT2D eigenvalue weighted by Gasteiger charge is -2.08. The fraction of sp³-hybridized carbons (Fsp3) is 0.188. The molecule has 0 aliphatic rings. The molecule has 2 nitrogen and oxygen atoms in total. The summed E-state index contributed by atoms with van der Waals surface area (Å²) >= 11 is 10.9. The summed E-state index contributed by atoms with van der Waals surface area (Å²) in [5, 5.41) is 0.676. The Morgan fingerprint density at radius 1 is 1.29 bits per heavy atom. The number of ketones is 1. The largest absolute Gasteiger partial charge is 0.496 e. The van der Waals surface area contributed by atoms with Gasteiger partial charge in [-0.25, -0.2) is 0 Å². The van der Waals surface area contributed by atoms with Crippen molar-refractivity contribution in [1.29, 1.82) is 0 Å². The van der Waals surface area contributed by atoms with Crippen LogP contribution in [-0.2, 0) is 11.2 Å². The molecule has 0 aliphatic carbocycles. The van der Waals surface area contributed by atoms with E-state index in [2.05, 4.69) is 15.9 Å². The minimum atomic E-state index is 0.135. The molecule has 0 aromatic heterocycles. The third kappa shape index (κ3) is 4.77. The van der Waals surface area contributed by atoms with E-state index in [4.69, 9.17) is 16.3 Å². The molecule has 0 N–H and O–H groups in total. The standard InChI is InChI=1S/C16H14BrClO2S/c1-20-15-7-6-12(17)8-11(15)9-13(19)10-21-16-5-3-2-4-14(16)18/h2-8H,9-10H2,1H3. The summed E-state index contributed by atoms with van der Waals surface area (Å²) in [6.07, 6.45) is 0.347. The Bertz CT molecular complexity index is 646. The summed E-state index contributed by atoms with van der Waals surface area (Å²) in [5.74, 6) is 1.25. The van der Waals surface area contributed by atoms with Crippen molar-refractivity contribution in [3.05, 3.63) is 57.5 Å². The number of thioether (sulfide) groups is 1. The lowest BCUT2D eigenvalue weighted by Crippen LogP contribution is -2.07. The summed E-state index contributed by atoms with van der Waals surface area (Å²) in [5.41, 5.74) is 0.886. The third-order valence-corrected chi connectivity index (χ3v) is 4.92. The van der Waals surface area contributed by atoms with Gasteiger partial charge in [0, 0.05) is 21.4 Å². The number of carbonyl (C=O) groups excluding carboxylic acids is 1. The van der Waals surface area contributed by atoms with Gasteiger partial charge < -0.3 is 4.74 Å². The van der Waals surface area contributed by atoms with E-state index in [0.29, 0.717) is 17.2 Å². The molecule has 2 aromatic carbocycles. The van der Waals surface area contributed by atoms with Crippen LogP contribution in [0, 0.1) is 0 Å². The fourth-order valence-corrected chi connectivity index (χ4v) is 3.38. The second-order valence-corrected chi connectivity index (χ2v) is 6.73. The number of carbonyl (C=O) groups is 1. The predicted octanol–water partition coefficient (Wildman–Crippen LogP) is 5.02. The molecule has 0 heterocycles. The van der Waals surface area contributed by atoms with Crippen molar-refractivity contribution in [1.82, 2.24) is 0 Å². The van der Waals surface area contributed by atoms with Gasteiger partial charge in [0.1, 0.15) is 11.5 Å². The maximum Gasteiger partial charge on any atom is 0.147 e. The molecule has 0 aliphatic heterocycles. The average molecular weight is 386 g/mol. The molecule has 0 radical (unpaired) electrons. The molecular weight excluding hydrogens is 372 g/mol. The first-order valence-electron chi connectivity index (χ1n) is 6.31. The van der Waals surface area contributed by atoms with Crippen LogP contribution in [0.15, 0.2) is 51.8 Å². The first-order valence-corrected chi connectivity index (χ1v) is 8.47. The Kier molecular flexibility index (Phi) is 6.15. The molecule has 0 amide bonds. The molecule has 0 fully saturated rings. The third-order valence-electron chi connectivity index (χ3n) is 2.86. The lowest BCUT2D eigenvalue weighted by molar-refractivity contribution is -0.116. The molecule has 2 aromatic rings. The van der Waals surface area contributed by atoms with Gasteiger partial charge in [-0.3, -0.25) is 4.79 Å². The van der Waals surface area contributed by atoms with Gasteiger partial charge >= 0.3 is 0 Å². The van der Waals surface area contributed by atoms with Gasteiger partial charge in [-0.2, -0.15) is 0 Å². The van der Waals surface area contributed by atoms with Gasteiger partial charge in [0.25, 0.3) is 0 Å². The van der Waals surface area contributed by atoms with Crippen LogP contribution >= 0.6 is 39.3 Å². The molecule has 0 saturated heterocycles. The molecule has 0 atom stereocenters. The highest BCUT2D eigenvalue weighted by atomic mass is 79.9. The van der Waals surface area contributed by atoms with Crippen LogP contribution < -0.4 is 4.74 Å². The zero-order valence-corrected chi connectivity index (χ0v) is 14.6. The Morgan fingerprint density at radius 3 is 2.76 bits per heavy atom. The van der Waals surface area contributed by atoms with Crippen LogP contribution in [0.4, 0.5) is 0 Å². The van der Waals surface area contributed by atoms with E-state index in [9.17, 15) is 4.79 Å². The number of Topliss-reactive ketones (excluding diaryl/α,β-unsaturated/α-hetero) is 1. The Labute approximate surface area is 142 Å². The van der Waals surface area contributed by atoms with E-state index < -0.39 is 0 Å². The maximum absolute atomic E-state index is 12.1. The summed E-state index contributed by atoms with van der Waals surface area (Å²) in [4.78, 5) is 13.1. The number of methoxy groups -OCH3 is 1. The van der Waals surface area contributed by atoms with Crippen molar-refractivity contribution >= 4 is 45.1 Å². The monoisotopic (exact) mass is 384 g/mol. The van der Waals surface area contributed by atoms with Crippen molar-refractivity contribution < 1.29 is 9.53 Å². The van der Waals surface area contributed by atoms with Crippen LogP contribution in [0.2, 0.25) is 5.02 Å². The smallest absolute Gasteiger partial charge is 0.147 e. The first-order chi connectivity index (χ1) is 10.1. The highest BCUT2D eigenvalue weighted by Crippen LogP contribution is 2.28. The summed E-state index contributed by atoms with van der Waals surface area (Å²) in [6.45, 7) is 0. The minimum absolute atomic E-state index is 0.135. The van der Waals surface area contributed by atoms with Gasteiger partial charge in [0.15, 0.2) is 0 Å². The molecule has 2 rings (SSSR count). The second kappa shape index (κ2) is 7.87. The zero-order valence-electron chi connectivity index (χ0n) is 11.4. The van der Waals surface area contributed by atoms with Crippen LogP contribution in [0.1, 0.15) is 5.56 Å². The molecular formula is C16H14BrClO2S. The zero-order chi connectivity index (χ0) is 15.2. The Hall–Kier alpha value is -0.970. The second-order valence-electron chi connectivity index (χ2n) is 4.39. The highest BCUT2D eigenvalue weighted by molar-refractivity contribution is 9.10. The van der Waals surface area contributed by atoms with Gasteiger partial charge in [-0.05, 0) is 30.3 Å². The summed E-state index contributed by atoms with van der Waals surface area (Å²) < 4.78 is 6.22. The molecule has 0 unspecified atom stereocenters. The molecule has 21 heavy (non-hydrogen) atoms. The van der Waals surface area contributed by atoms with Crippen molar-refractivity contribution in [2.75, 3.05) is 12.9 Å². The molecule has 0 bridgehead atoms. The number of halogens is 2. The number of benzene rings is 2. The first kappa shape index (κ1) is 16.4. The van der Waals surface area contributed by atoms with Crippen LogP contribution in [0.5, 0.6) is 5.75 Å². The lowest BCUT2D eigenvalue weighted by atomic mass is 10.1. The number of hydrogen-bond acceptors (Lipinski definition) is 3. The fourth-order valence-electron chi connectivity index (χ4n) is 1.87. The van der Waals surface area contributed by atoms with Gasteiger partial charge in [-0.1, -0.05) is 39.7 Å². The maximum atomic E-state index is 12.1. The topological polar surface area (TPSA) is 26.3 Å². The summed E-state index contributed by atoms with van der Waals surface area (Å²) in [6, 6.07) is 13.2. The van der Waals surface area contributed by atoms with Crippen molar-refractivity contribution in [3.63, 3.8) is 0 Å². The van der Waals surface area contributed by atoms with E-state index in [1.54, 1.807) is 7.11 Å². The number of hydrogen-bond donors (Lipinski definition) is 0. The van der Waals surface area contributed by atoms with Crippen LogP contribution in [0.3, 0.4) is 0 Å². The van der Waals surface area contributed by atoms with Gasteiger partial charge in [-0.15, -0.1) is 11.8 Å². The summed E-state index contributed by atoms with van der Waals surface area (Å²) in [7, 11) is 1.61. The number of rotatable bonds is 6. The van der Waals surface area contributed by atoms with Gasteiger partial charge in [0.05, 0.1) is 17.9 Å². The predicted molar refractivity (Wildman–Crippen MR) is 91.6 cm³/mol. The normalized spacial score (nSPS) is 10.4. The molecule has 0 spiro atoms. The van der Waals surface area contributed by atoms with Crippen molar-refractivity contribution in [3.8, 4) is 5.75 Å². The Morgan fingerprint density at radius 2 is 2.05 bits per heavy atom. The van der Waals surface area contributed by atoms with Crippen LogP contribution in [-0.4, -0.2) is 18.6 Å². The molecule has 5 heteroatoms. The van der Waals surface area contributed by atoms with Crippen molar-refractivity contribution in [2.45, 2.75) is 11.3 Å². The quantitative estimate of drug-likeness (QED) is 0.653. The molecule has 0 saturated carbocycles. The Balaban J connectivity index is 1.99.